The minimum Gasteiger partial charge on any atom is -0.377 e. The van der Waals surface area contributed by atoms with Crippen LogP contribution in [0, 0.1) is 0 Å². The van der Waals surface area contributed by atoms with Crippen molar-refractivity contribution in [1.82, 2.24) is 5.32 Å². The maximum absolute atomic E-state index is 11.5. The molecule has 17 heavy (non-hydrogen) atoms. The van der Waals surface area contributed by atoms with E-state index in [2.05, 4.69) is 5.32 Å². The van der Waals surface area contributed by atoms with Crippen LogP contribution in [0.15, 0.2) is 0 Å². The number of nitrogens with one attached hydrogen (secondary N) is 1. The average Bonchev–Trinajstić information content (AvgIpc) is 2.38. The van der Waals surface area contributed by atoms with Gasteiger partial charge in [-0.2, -0.15) is 11.8 Å². The van der Waals surface area contributed by atoms with Crippen LogP contribution >= 0.6 is 11.8 Å². The van der Waals surface area contributed by atoms with E-state index in [0.717, 1.165) is 6.42 Å². The van der Waals surface area contributed by atoms with Crippen LogP contribution in [0.1, 0.15) is 13.3 Å². The first-order chi connectivity index (χ1) is 8.05. The fourth-order valence-electron chi connectivity index (χ4n) is 1.32. The fourth-order valence-corrected chi connectivity index (χ4v) is 3.34. The lowest BCUT2D eigenvalue weighted by molar-refractivity contribution is -0.120. The first kappa shape index (κ1) is 16.9. The van der Waals surface area contributed by atoms with Crippen molar-refractivity contribution in [2.24, 2.45) is 0 Å². The van der Waals surface area contributed by atoms with E-state index in [-0.39, 0.29) is 11.2 Å². The van der Waals surface area contributed by atoms with Crippen molar-refractivity contribution in [1.29, 1.82) is 0 Å². The molecule has 1 atom stereocenters. The van der Waals surface area contributed by atoms with E-state index in [0.29, 0.717) is 12.6 Å². The van der Waals surface area contributed by atoms with Crippen molar-refractivity contribution in [2.45, 2.75) is 24.6 Å². The highest BCUT2D eigenvalue weighted by Crippen LogP contribution is 2.14. The van der Waals surface area contributed by atoms with Crippen LogP contribution in [0.25, 0.3) is 0 Å². The third kappa shape index (κ3) is 5.87. The SMILES string of the molecule is CO[Si](CCCNC(=O)C(C)SC)(OC)OC. The molecule has 0 aliphatic rings. The molecular weight excluding hydrogens is 258 g/mol. The zero-order valence-corrected chi connectivity index (χ0v) is 13.1. The number of hydrogen-bond donors (Lipinski definition) is 1. The lowest BCUT2D eigenvalue weighted by Crippen LogP contribution is -2.43. The van der Waals surface area contributed by atoms with Crippen molar-refractivity contribution in [2.75, 3.05) is 34.1 Å². The number of thioether (sulfide) groups is 1. The van der Waals surface area contributed by atoms with Crippen LogP contribution in [0.2, 0.25) is 6.04 Å². The normalized spacial score (nSPS) is 13.5. The van der Waals surface area contributed by atoms with Crippen LogP contribution < -0.4 is 5.32 Å². The molecule has 0 heterocycles. The van der Waals surface area contributed by atoms with Gasteiger partial charge in [-0.1, -0.05) is 0 Å². The van der Waals surface area contributed by atoms with Crippen molar-refractivity contribution in [3.8, 4) is 0 Å². The van der Waals surface area contributed by atoms with E-state index in [4.69, 9.17) is 13.3 Å². The molecule has 0 spiro atoms. The fraction of sp³-hybridized carbons (Fsp3) is 0.900. The molecule has 0 saturated heterocycles. The molecule has 7 heteroatoms. The second kappa shape index (κ2) is 8.93. The summed E-state index contributed by atoms with van der Waals surface area (Å²) in [5.41, 5.74) is 0. The Morgan fingerprint density at radius 3 is 2.24 bits per heavy atom. The van der Waals surface area contributed by atoms with Crippen molar-refractivity contribution >= 4 is 26.5 Å². The van der Waals surface area contributed by atoms with E-state index in [1.807, 2.05) is 13.2 Å². The third-order valence-corrected chi connectivity index (χ3v) is 6.37. The number of carbonyl (C=O) groups excluding carboxylic acids is 1. The summed E-state index contributed by atoms with van der Waals surface area (Å²) in [6.07, 6.45) is 2.71. The summed E-state index contributed by atoms with van der Waals surface area (Å²) in [5.74, 6) is 0.0667. The van der Waals surface area contributed by atoms with Crippen LogP contribution in [-0.2, 0) is 18.1 Å². The van der Waals surface area contributed by atoms with Crippen LogP contribution in [-0.4, -0.2) is 54.1 Å². The van der Waals surface area contributed by atoms with Gasteiger partial charge < -0.3 is 18.6 Å². The predicted molar refractivity (Wildman–Crippen MR) is 72.2 cm³/mol. The second-order valence-corrected chi connectivity index (χ2v) is 7.84. The molecule has 1 N–H and O–H groups in total. The molecule has 0 aromatic rings. The van der Waals surface area contributed by atoms with Gasteiger partial charge in [0.2, 0.25) is 5.91 Å². The Kier molecular flexibility index (Phi) is 8.88. The summed E-state index contributed by atoms with van der Waals surface area (Å²) in [5, 5.41) is 2.86. The number of rotatable bonds is 9. The Hall–Kier alpha value is -0.0831. The van der Waals surface area contributed by atoms with Crippen molar-refractivity contribution in [3.05, 3.63) is 0 Å². The highest BCUT2D eigenvalue weighted by atomic mass is 32.2. The van der Waals surface area contributed by atoms with Gasteiger partial charge in [0.1, 0.15) is 0 Å². The molecule has 1 unspecified atom stereocenters. The van der Waals surface area contributed by atoms with E-state index in [1.54, 1.807) is 21.3 Å². The average molecular weight is 281 g/mol. The largest absolute Gasteiger partial charge is 0.500 e. The third-order valence-electron chi connectivity index (χ3n) is 2.61. The Morgan fingerprint density at radius 1 is 1.29 bits per heavy atom. The summed E-state index contributed by atoms with van der Waals surface area (Å²) in [4.78, 5) is 11.5. The lowest BCUT2D eigenvalue weighted by Gasteiger charge is -2.24. The van der Waals surface area contributed by atoms with Crippen LogP contribution in [0.3, 0.4) is 0 Å². The van der Waals surface area contributed by atoms with E-state index in [1.165, 1.54) is 11.8 Å². The summed E-state index contributed by atoms with van der Waals surface area (Å²) in [6.45, 7) is 2.51. The monoisotopic (exact) mass is 281 g/mol. The van der Waals surface area contributed by atoms with Gasteiger partial charge in [-0.3, -0.25) is 4.79 Å². The quantitative estimate of drug-likeness (QED) is 0.507. The summed E-state index contributed by atoms with van der Waals surface area (Å²) < 4.78 is 15.9. The maximum Gasteiger partial charge on any atom is 0.500 e. The highest BCUT2D eigenvalue weighted by molar-refractivity contribution is 7.99. The first-order valence-corrected chi connectivity index (χ1v) is 8.73. The van der Waals surface area contributed by atoms with Gasteiger partial charge in [0, 0.05) is 33.9 Å². The molecule has 0 saturated carbocycles. The standard InChI is InChI=1S/C10H23NO4SSi/c1-9(16-5)10(12)11-7-6-8-17(13-2,14-3)15-4/h9H,6-8H2,1-5H3,(H,11,12). The van der Waals surface area contributed by atoms with Crippen LogP contribution in [0.5, 0.6) is 0 Å². The second-order valence-electron chi connectivity index (χ2n) is 3.57. The van der Waals surface area contributed by atoms with E-state index >= 15 is 0 Å². The Bertz CT molecular complexity index is 218. The topological polar surface area (TPSA) is 56.8 Å². The Balaban J connectivity index is 3.87. The summed E-state index contributed by atoms with van der Waals surface area (Å²) in [7, 11) is 2.29. The van der Waals surface area contributed by atoms with E-state index in [9.17, 15) is 4.79 Å². The zero-order valence-electron chi connectivity index (χ0n) is 11.2. The van der Waals surface area contributed by atoms with Gasteiger partial charge in [0.25, 0.3) is 0 Å². The molecule has 0 rings (SSSR count). The maximum atomic E-state index is 11.5. The molecule has 1 amide bonds. The Morgan fingerprint density at radius 2 is 1.82 bits per heavy atom. The van der Waals surface area contributed by atoms with Crippen molar-refractivity contribution in [3.63, 3.8) is 0 Å². The highest BCUT2D eigenvalue weighted by Gasteiger charge is 2.36. The molecule has 5 nitrogen and oxygen atoms in total. The molecule has 102 valence electrons. The number of amides is 1. The smallest absolute Gasteiger partial charge is 0.377 e. The Labute approximate surface area is 109 Å². The van der Waals surface area contributed by atoms with E-state index < -0.39 is 8.80 Å². The van der Waals surface area contributed by atoms with Crippen LogP contribution in [0.4, 0.5) is 0 Å². The van der Waals surface area contributed by atoms with Gasteiger partial charge >= 0.3 is 8.80 Å². The molecule has 0 bridgehead atoms. The molecular formula is C10H23NO4SSi. The summed E-state index contributed by atoms with van der Waals surface area (Å²) >= 11 is 1.53. The molecule has 0 fully saturated rings. The lowest BCUT2D eigenvalue weighted by atomic mass is 10.4. The van der Waals surface area contributed by atoms with Gasteiger partial charge in [0.15, 0.2) is 0 Å². The molecule has 0 radical (unpaired) electrons. The summed E-state index contributed by atoms with van der Waals surface area (Å²) in [6, 6.07) is 0.699. The van der Waals surface area contributed by atoms with Gasteiger partial charge in [-0.15, -0.1) is 0 Å². The molecule has 0 aliphatic carbocycles. The minimum atomic E-state index is -2.48. The first-order valence-electron chi connectivity index (χ1n) is 5.51. The zero-order chi connectivity index (χ0) is 13.3. The number of carbonyl (C=O) groups is 1. The van der Waals surface area contributed by atoms with Gasteiger partial charge in [-0.25, -0.2) is 0 Å². The van der Waals surface area contributed by atoms with Crippen molar-refractivity contribution < 1.29 is 18.1 Å². The molecule has 0 aliphatic heterocycles. The number of hydrogen-bond acceptors (Lipinski definition) is 5. The van der Waals surface area contributed by atoms with Gasteiger partial charge in [0.05, 0.1) is 5.25 Å². The molecule has 0 aromatic carbocycles. The van der Waals surface area contributed by atoms with Gasteiger partial charge in [-0.05, 0) is 19.6 Å². The predicted octanol–water partition coefficient (Wildman–Crippen LogP) is 1.12. The molecule has 0 aromatic heterocycles. The minimum absolute atomic E-state index is 0.00993.